The van der Waals surface area contributed by atoms with Crippen LogP contribution in [-0.4, -0.2) is 31.8 Å². The van der Waals surface area contributed by atoms with Gasteiger partial charge in [-0.05, 0) is 31.2 Å². The Morgan fingerprint density at radius 3 is 2.58 bits per heavy atom. The number of sulfone groups is 1. The number of hydrogen-bond donors (Lipinski definition) is 0. The molecular weight excluding hydrogens is 266 g/mol. The molecule has 0 saturated heterocycles. The van der Waals surface area contributed by atoms with Gasteiger partial charge in [-0.25, -0.2) is 13.2 Å². The molecule has 0 atom stereocenters. The zero-order chi connectivity index (χ0) is 14.2. The predicted octanol–water partition coefficient (Wildman–Crippen LogP) is 1.76. The molecule has 0 aliphatic rings. The molecule has 6 heteroatoms. The van der Waals surface area contributed by atoms with Gasteiger partial charge in [0, 0.05) is 24.2 Å². The van der Waals surface area contributed by atoms with Crippen LogP contribution in [0.2, 0.25) is 0 Å². The molecule has 1 heterocycles. The number of aryl methyl sites for hydroxylation is 1. The van der Waals surface area contributed by atoms with E-state index in [1.807, 2.05) is 0 Å². The lowest BCUT2D eigenvalue weighted by Gasteiger charge is -2.03. The van der Waals surface area contributed by atoms with Crippen molar-refractivity contribution in [3.8, 4) is 0 Å². The maximum atomic E-state index is 11.8. The Morgan fingerprint density at radius 2 is 2.00 bits per heavy atom. The number of fused-ring (bicyclic) bond motifs is 1. The molecule has 0 spiro atoms. The molecule has 1 aromatic carbocycles. The number of ether oxygens (including phenoxy) is 1. The lowest BCUT2D eigenvalue weighted by Crippen LogP contribution is -2.09. The van der Waals surface area contributed by atoms with Crippen molar-refractivity contribution in [1.82, 2.24) is 4.57 Å². The molecule has 5 nitrogen and oxygen atoms in total. The third kappa shape index (κ3) is 2.49. The zero-order valence-electron chi connectivity index (χ0n) is 11.0. The van der Waals surface area contributed by atoms with E-state index in [1.54, 1.807) is 36.7 Å². The monoisotopic (exact) mass is 281 g/mol. The quantitative estimate of drug-likeness (QED) is 0.804. The van der Waals surface area contributed by atoms with E-state index in [0.29, 0.717) is 17.7 Å². The highest BCUT2D eigenvalue weighted by Crippen LogP contribution is 2.23. The molecule has 0 bridgehead atoms. The maximum absolute atomic E-state index is 11.8. The molecule has 2 rings (SSSR count). The summed E-state index contributed by atoms with van der Waals surface area (Å²) >= 11 is 0. The summed E-state index contributed by atoms with van der Waals surface area (Å²) in [7, 11) is -1.51. The number of hydrogen-bond acceptors (Lipinski definition) is 4. The fourth-order valence-electron chi connectivity index (χ4n) is 1.96. The van der Waals surface area contributed by atoms with Crippen molar-refractivity contribution in [3.63, 3.8) is 0 Å². The topological polar surface area (TPSA) is 65.4 Å². The van der Waals surface area contributed by atoms with Crippen LogP contribution in [0.15, 0.2) is 29.2 Å². The molecule has 102 valence electrons. The Morgan fingerprint density at radius 1 is 1.32 bits per heavy atom. The van der Waals surface area contributed by atoms with Crippen molar-refractivity contribution in [2.75, 3.05) is 12.9 Å². The summed E-state index contributed by atoms with van der Waals surface area (Å²) < 4.78 is 29.7. The second-order valence-electron chi connectivity index (χ2n) is 4.30. The number of esters is 1. The lowest BCUT2D eigenvalue weighted by atomic mass is 10.2. The highest BCUT2D eigenvalue weighted by molar-refractivity contribution is 7.90. The summed E-state index contributed by atoms with van der Waals surface area (Å²) in [6, 6.07) is 6.43. The lowest BCUT2D eigenvalue weighted by molar-refractivity contribution is 0.0516. The van der Waals surface area contributed by atoms with E-state index >= 15 is 0 Å². The summed E-state index contributed by atoms with van der Waals surface area (Å²) in [6.45, 7) is 2.04. The van der Waals surface area contributed by atoms with Crippen molar-refractivity contribution in [3.05, 3.63) is 30.0 Å². The third-order valence-electron chi connectivity index (χ3n) is 2.93. The smallest absolute Gasteiger partial charge is 0.354 e. The van der Waals surface area contributed by atoms with Gasteiger partial charge in [0.1, 0.15) is 5.69 Å². The van der Waals surface area contributed by atoms with Crippen LogP contribution >= 0.6 is 0 Å². The molecule has 0 radical (unpaired) electrons. The Bertz CT molecular complexity index is 743. The summed E-state index contributed by atoms with van der Waals surface area (Å²) in [6.07, 6.45) is 1.16. The molecular formula is C13H15NO4S. The number of aromatic nitrogens is 1. The number of carbonyl (C=O) groups is 1. The number of rotatable bonds is 3. The van der Waals surface area contributed by atoms with Crippen molar-refractivity contribution in [2.24, 2.45) is 7.05 Å². The first-order valence-corrected chi connectivity index (χ1v) is 7.70. The number of benzene rings is 1. The van der Waals surface area contributed by atoms with E-state index in [9.17, 15) is 13.2 Å². The zero-order valence-corrected chi connectivity index (χ0v) is 11.8. The Hall–Kier alpha value is -1.82. The number of nitrogens with zero attached hydrogens (tertiary/aromatic N) is 1. The van der Waals surface area contributed by atoms with Crippen LogP contribution in [0.3, 0.4) is 0 Å². The Labute approximate surface area is 111 Å². The van der Waals surface area contributed by atoms with Crippen LogP contribution < -0.4 is 0 Å². The molecule has 0 fully saturated rings. The van der Waals surface area contributed by atoms with E-state index in [4.69, 9.17) is 4.74 Å². The van der Waals surface area contributed by atoms with E-state index in [0.717, 1.165) is 11.8 Å². The minimum absolute atomic E-state index is 0.237. The number of carbonyl (C=O) groups excluding carboxylic acids is 1. The van der Waals surface area contributed by atoms with Gasteiger partial charge in [-0.15, -0.1) is 0 Å². The SMILES string of the molecule is CCOC(=O)c1cc2cc(S(C)(=O)=O)ccc2n1C. The average Bonchev–Trinajstić information content (AvgIpc) is 2.66. The molecule has 0 N–H and O–H groups in total. The molecule has 0 aliphatic carbocycles. The fourth-order valence-corrected chi connectivity index (χ4v) is 2.62. The Kier molecular flexibility index (Phi) is 3.36. The average molecular weight is 281 g/mol. The van der Waals surface area contributed by atoms with Crippen LogP contribution in [0.1, 0.15) is 17.4 Å². The second kappa shape index (κ2) is 4.70. The van der Waals surface area contributed by atoms with Gasteiger partial charge in [0.25, 0.3) is 0 Å². The predicted molar refractivity (Wildman–Crippen MR) is 72.0 cm³/mol. The molecule has 0 aliphatic heterocycles. The van der Waals surface area contributed by atoms with Crippen LogP contribution in [-0.2, 0) is 21.6 Å². The molecule has 2 aromatic rings. The maximum Gasteiger partial charge on any atom is 0.354 e. The van der Waals surface area contributed by atoms with Gasteiger partial charge in [0.2, 0.25) is 0 Å². The van der Waals surface area contributed by atoms with E-state index < -0.39 is 15.8 Å². The van der Waals surface area contributed by atoms with Gasteiger partial charge in [-0.3, -0.25) is 0 Å². The first-order valence-electron chi connectivity index (χ1n) is 5.81. The van der Waals surface area contributed by atoms with Gasteiger partial charge in [-0.1, -0.05) is 0 Å². The molecule has 0 unspecified atom stereocenters. The van der Waals surface area contributed by atoms with Gasteiger partial charge in [-0.2, -0.15) is 0 Å². The van der Waals surface area contributed by atoms with Gasteiger partial charge < -0.3 is 9.30 Å². The van der Waals surface area contributed by atoms with E-state index in [2.05, 4.69) is 0 Å². The first kappa shape index (κ1) is 13.6. The third-order valence-corrected chi connectivity index (χ3v) is 4.04. The first-order chi connectivity index (χ1) is 8.84. The highest BCUT2D eigenvalue weighted by atomic mass is 32.2. The van der Waals surface area contributed by atoms with Gasteiger partial charge in [0.05, 0.1) is 11.5 Å². The summed E-state index contributed by atoms with van der Waals surface area (Å²) in [5, 5.41) is 0.702. The van der Waals surface area contributed by atoms with E-state index in [1.165, 1.54) is 6.07 Å². The van der Waals surface area contributed by atoms with Crippen LogP contribution in [0, 0.1) is 0 Å². The van der Waals surface area contributed by atoms with Crippen LogP contribution in [0.4, 0.5) is 0 Å². The van der Waals surface area contributed by atoms with Gasteiger partial charge >= 0.3 is 5.97 Å². The standard InChI is InChI=1S/C13H15NO4S/c1-4-18-13(15)12-8-9-7-10(19(3,16)17)5-6-11(9)14(12)2/h5-8H,4H2,1-3H3. The van der Waals surface area contributed by atoms with E-state index in [-0.39, 0.29) is 4.90 Å². The largest absolute Gasteiger partial charge is 0.461 e. The second-order valence-corrected chi connectivity index (χ2v) is 6.32. The summed E-state index contributed by atoms with van der Waals surface area (Å²) in [5.74, 6) is -0.415. The minimum Gasteiger partial charge on any atom is -0.461 e. The Balaban J connectivity index is 2.60. The van der Waals surface area contributed by atoms with Crippen LogP contribution in [0.5, 0.6) is 0 Å². The fraction of sp³-hybridized carbons (Fsp3) is 0.308. The van der Waals surface area contributed by atoms with Crippen molar-refractivity contribution in [1.29, 1.82) is 0 Å². The molecule has 0 saturated carbocycles. The normalized spacial score (nSPS) is 11.7. The summed E-state index contributed by atoms with van der Waals surface area (Å²) in [4.78, 5) is 12.0. The van der Waals surface area contributed by atoms with Crippen LogP contribution in [0.25, 0.3) is 10.9 Å². The molecule has 19 heavy (non-hydrogen) atoms. The highest BCUT2D eigenvalue weighted by Gasteiger charge is 2.16. The molecule has 1 aromatic heterocycles. The van der Waals surface area contributed by atoms with Crippen molar-refractivity contribution >= 4 is 26.7 Å². The van der Waals surface area contributed by atoms with Crippen molar-refractivity contribution < 1.29 is 17.9 Å². The van der Waals surface area contributed by atoms with Crippen molar-refractivity contribution in [2.45, 2.75) is 11.8 Å². The van der Waals surface area contributed by atoms with Gasteiger partial charge in [0.15, 0.2) is 9.84 Å². The minimum atomic E-state index is -3.25. The summed E-state index contributed by atoms with van der Waals surface area (Å²) in [5.41, 5.74) is 1.19. The molecule has 0 amide bonds.